The maximum atomic E-state index is 12.8. The smallest absolute Gasteiger partial charge is 0.219 e. The molecule has 0 aromatic heterocycles. The van der Waals surface area contributed by atoms with Gasteiger partial charge in [0.2, 0.25) is 15.9 Å². The van der Waals surface area contributed by atoms with Crippen LogP contribution in [0.25, 0.3) is 0 Å². The first-order chi connectivity index (χ1) is 9.35. The normalized spacial score (nSPS) is 19.3. The summed E-state index contributed by atoms with van der Waals surface area (Å²) in [6.45, 7) is 2.44. The van der Waals surface area contributed by atoms with E-state index in [2.05, 4.69) is 4.72 Å². The number of sulfonamides is 1. The maximum absolute atomic E-state index is 12.8. The molecule has 1 amide bonds. The van der Waals surface area contributed by atoms with Crippen molar-refractivity contribution in [1.82, 2.24) is 9.62 Å². The summed E-state index contributed by atoms with van der Waals surface area (Å²) < 4.78 is 39.4. The zero-order valence-electron chi connectivity index (χ0n) is 11.2. The van der Waals surface area contributed by atoms with E-state index in [1.165, 1.54) is 31.2 Å². The summed E-state index contributed by atoms with van der Waals surface area (Å²) in [6, 6.07) is 5.12. The predicted octanol–water partition coefficient (Wildman–Crippen LogP) is 0.866. The lowest BCUT2D eigenvalue weighted by Gasteiger charge is -2.15. The molecule has 1 N–H and O–H groups in total. The van der Waals surface area contributed by atoms with Crippen LogP contribution in [0.2, 0.25) is 0 Å². The standard InChI is InChI=1S/C13H17FN2O3S/c1-10(17)16-7-6-13(8-16)15-20(18,19)9-11-2-4-12(14)5-3-11/h2-5,13,15H,6-9H2,1H3. The third kappa shape index (κ3) is 4.01. The van der Waals surface area contributed by atoms with Crippen LogP contribution in [0.3, 0.4) is 0 Å². The minimum Gasteiger partial charge on any atom is -0.341 e. The first-order valence-corrected chi connectivity index (χ1v) is 8.01. The molecule has 1 aliphatic heterocycles. The molecule has 1 aromatic rings. The van der Waals surface area contributed by atoms with Gasteiger partial charge in [0.1, 0.15) is 5.82 Å². The second-order valence-electron chi connectivity index (χ2n) is 4.95. The predicted molar refractivity (Wildman–Crippen MR) is 72.8 cm³/mol. The molecule has 1 unspecified atom stereocenters. The van der Waals surface area contributed by atoms with Gasteiger partial charge in [-0.25, -0.2) is 17.5 Å². The van der Waals surface area contributed by atoms with Crippen LogP contribution in [0.5, 0.6) is 0 Å². The molecule has 1 saturated heterocycles. The van der Waals surface area contributed by atoms with Crippen molar-refractivity contribution in [1.29, 1.82) is 0 Å². The number of halogens is 1. The van der Waals surface area contributed by atoms with Gasteiger partial charge in [0.05, 0.1) is 5.75 Å². The lowest BCUT2D eigenvalue weighted by molar-refractivity contribution is -0.127. The van der Waals surface area contributed by atoms with Gasteiger partial charge in [0, 0.05) is 26.1 Å². The highest BCUT2D eigenvalue weighted by atomic mass is 32.2. The van der Waals surface area contributed by atoms with E-state index in [-0.39, 0.29) is 17.7 Å². The number of hydrogen-bond acceptors (Lipinski definition) is 3. The van der Waals surface area contributed by atoms with E-state index in [0.717, 1.165) is 0 Å². The molecule has 0 aliphatic carbocycles. The van der Waals surface area contributed by atoms with E-state index in [1.807, 2.05) is 0 Å². The van der Waals surface area contributed by atoms with Crippen molar-refractivity contribution in [3.63, 3.8) is 0 Å². The van der Waals surface area contributed by atoms with Crippen molar-refractivity contribution in [3.05, 3.63) is 35.6 Å². The SMILES string of the molecule is CC(=O)N1CCC(NS(=O)(=O)Cc2ccc(F)cc2)C1. The van der Waals surface area contributed by atoms with Crippen LogP contribution in [-0.4, -0.2) is 38.4 Å². The number of nitrogens with zero attached hydrogens (tertiary/aromatic N) is 1. The van der Waals surface area contributed by atoms with Gasteiger partial charge in [-0.3, -0.25) is 4.79 Å². The minimum absolute atomic E-state index is 0.0507. The number of hydrogen-bond donors (Lipinski definition) is 1. The number of amides is 1. The van der Waals surface area contributed by atoms with Crippen molar-refractivity contribution < 1.29 is 17.6 Å². The van der Waals surface area contributed by atoms with Crippen molar-refractivity contribution in [3.8, 4) is 0 Å². The van der Waals surface area contributed by atoms with E-state index in [9.17, 15) is 17.6 Å². The van der Waals surface area contributed by atoms with Crippen LogP contribution < -0.4 is 4.72 Å². The van der Waals surface area contributed by atoms with Gasteiger partial charge in [-0.1, -0.05) is 12.1 Å². The van der Waals surface area contributed by atoms with E-state index < -0.39 is 15.8 Å². The highest BCUT2D eigenvalue weighted by Crippen LogP contribution is 2.12. The summed E-state index contributed by atoms with van der Waals surface area (Å²) in [5, 5.41) is 0. The summed E-state index contributed by atoms with van der Waals surface area (Å²) in [6.07, 6.45) is 0.613. The highest BCUT2D eigenvalue weighted by molar-refractivity contribution is 7.88. The Kier molecular flexibility index (Phi) is 4.39. The Balaban J connectivity index is 1.95. The summed E-state index contributed by atoms with van der Waals surface area (Å²) >= 11 is 0. The monoisotopic (exact) mass is 300 g/mol. The first-order valence-electron chi connectivity index (χ1n) is 6.36. The van der Waals surface area contributed by atoms with E-state index in [4.69, 9.17) is 0 Å². The Morgan fingerprint density at radius 1 is 1.40 bits per heavy atom. The van der Waals surface area contributed by atoms with E-state index in [0.29, 0.717) is 25.1 Å². The molecule has 1 fully saturated rings. The number of benzene rings is 1. The second-order valence-corrected chi connectivity index (χ2v) is 6.71. The van der Waals surface area contributed by atoms with Gasteiger partial charge in [-0.2, -0.15) is 0 Å². The first kappa shape index (κ1) is 14.9. The summed E-state index contributed by atoms with van der Waals surface area (Å²) in [7, 11) is -3.49. The Bertz CT molecular complexity index is 586. The lowest BCUT2D eigenvalue weighted by Crippen LogP contribution is -2.38. The Morgan fingerprint density at radius 3 is 2.60 bits per heavy atom. The van der Waals surface area contributed by atoms with Gasteiger partial charge in [0.15, 0.2) is 0 Å². The van der Waals surface area contributed by atoms with E-state index in [1.54, 1.807) is 4.90 Å². The van der Waals surface area contributed by atoms with Crippen molar-refractivity contribution in [2.75, 3.05) is 13.1 Å². The lowest BCUT2D eigenvalue weighted by atomic mass is 10.2. The zero-order chi connectivity index (χ0) is 14.8. The molecule has 110 valence electrons. The van der Waals surface area contributed by atoms with Crippen molar-refractivity contribution in [2.24, 2.45) is 0 Å². The number of nitrogens with one attached hydrogen (secondary N) is 1. The average molecular weight is 300 g/mol. The van der Waals surface area contributed by atoms with Crippen LogP contribution in [0.1, 0.15) is 18.9 Å². The van der Waals surface area contributed by atoms with Gasteiger partial charge in [-0.05, 0) is 24.1 Å². The molecule has 0 bridgehead atoms. The number of carbonyl (C=O) groups excluding carboxylic acids is 1. The van der Waals surface area contributed by atoms with Gasteiger partial charge in [-0.15, -0.1) is 0 Å². The van der Waals surface area contributed by atoms with Crippen LogP contribution in [-0.2, 0) is 20.6 Å². The molecule has 7 heteroatoms. The largest absolute Gasteiger partial charge is 0.341 e. The topological polar surface area (TPSA) is 66.5 Å². The third-order valence-corrected chi connectivity index (χ3v) is 4.66. The Morgan fingerprint density at radius 2 is 2.05 bits per heavy atom. The molecular weight excluding hydrogens is 283 g/mol. The summed E-state index contributed by atoms with van der Waals surface area (Å²) in [4.78, 5) is 12.8. The molecule has 0 radical (unpaired) electrons. The quantitative estimate of drug-likeness (QED) is 0.897. The second kappa shape index (κ2) is 5.88. The highest BCUT2D eigenvalue weighted by Gasteiger charge is 2.27. The fraction of sp³-hybridized carbons (Fsp3) is 0.462. The fourth-order valence-electron chi connectivity index (χ4n) is 2.24. The van der Waals surface area contributed by atoms with Crippen LogP contribution >= 0.6 is 0 Å². The molecule has 1 atom stereocenters. The van der Waals surface area contributed by atoms with Gasteiger partial charge < -0.3 is 4.90 Å². The number of carbonyl (C=O) groups is 1. The molecule has 20 heavy (non-hydrogen) atoms. The molecular formula is C13H17FN2O3S. The molecule has 1 aliphatic rings. The molecule has 0 spiro atoms. The summed E-state index contributed by atoms with van der Waals surface area (Å²) in [5.74, 6) is -0.638. The zero-order valence-corrected chi connectivity index (χ0v) is 12.0. The number of likely N-dealkylation sites (tertiary alicyclic amines) is 1. The molecule has 5 nitrogen and oxygen atoms in total. The van der Waals surface area contributed by atoms with E-state index >= 15 is 0 Å². The molecule has 1 heterocycles. The van der Waals surface area contributed by atoms with Crippen LogP contribution in [0, 0.1) is 5.82 Å². The molecule has 0 saturated carbocycles. The maximum Gasteiger partial charge on any atom is 0.219 e. The van der Waals surface area contributed by atoms with Gasteiger partial charge in [0.25, 0.3) is 0 Å². The minimum atomic E-state index is -3.49. The summed E-state index contributed by atoms with van der Waals surface area (Å²) in [5.41, 5.74) is 0.528. The number of rotatable bonds is 4. The molecule has 2 rings (SSSR count). The fourth-order valence-corrected chi connectivity index (χ4v) is 3.65. The molecule has 1 aromatic carbocycles. The Labute approximate surface area is 117 Å². The van der Waals surface area contributed by atoms with Crippen LogP contribution in [0.4, 0.5) is 4.39 Å². The Hall–Kier alpha value is -1.47. The van der Waals surface area contributed by atoms with Gasteiger partial charge >= 0.3 is 0 Å². The average Bonchev–Trinajstić information content (AvgIpc) is 2.79. The third-order valence-electron chi connectivity index (χ3n) is 3.25. The van der Waals surface area contributed by atoms with Crippen LogP contribution in [0.15, 0.2) is 24.3 Å². The van der Waals surface area contributed by atoms with Crippen molar-refractivity contribution >= 4 is 15.9 Å². The van der Waals surface area contributed by atoms with Crippen molar-refractivity contribution in [2.45, 2.75) is 25.1 Å².